The Morgan fingerprint density at radius 3 is 2.73 bits per heavy atom. The molecule has 0 bridgehead atoms. The van der Waals surface area contributed by atoms with Gasteiger partial charge in [-0.15, -0.1) is 0 Å². The Kier molecular flexibility index (Phi) is 4.00. The summed E-state index contributed by atoms with van der Waals surface area (Å²) in [6.07, 6.45) is 3.39. The van der Waals surface area contributed by atoms with Crippen molar-refractivity contribution in [1.29, 1.82) is 0 Å². The van der Waals surface area contributed by atoms with Crippen molar-refractivity contribution < 1.29 is 14.2 Å². The zero-order valence-corrected chi connectivity index (χ0v) is 12.3. The number of aromatic nitrogens is 3. The summed E-state index contributed by atoms with van der Waals surface area (Å²) in [5.74, 6) is 1.32. The quantitative estimate of drug-likeness (QED) is 0.721. The van der Waals surface area contributed by atoms with E-state index in [0.29, 0.717) is 18.5 Å². The van der Waals surface area contributed by atoms with Gasteiger partial charge in [0.05, 0.1) is 19.7 Å². The third-order valence-corrected chi connectivity index (χ3v) is 3.14. The second-order valence-electron chi connectivity index (χ2n) is 4.57. The van der Waals surface area contributed by atoms with Crippen LogP contribution >= 0.6 is 0 Å². The topological polar surface area (TPSA) is 66.4 Å². The molecule has 0 aliphatic rings. The summed E-state index contributed by atoms with van der Waals surface area (Å²) in [6.45, 7) is 0.348. The van der Waals surface area contributed by atoms with Crippen LogP contribution in [0.5, 0.6) is 17.6 Å². The normalized spacial score (nSPS) is 10.5. The standard InChI is InChI=1S/C16H15N3O3/c1-20-13-3-4-14-12(8-13)9-18-16(19-14)22-10-11-5-6-17-15(7-11)21-2/h3-9H,10H2,1-2H3. The van der Waals surface area contributed by atoms with E-state index < -0.39 is 0 Å². The third-order valence-electron chi connectivity index (χ3n) is 3.14. The molecule has 6 heteroatoms. The minimum absolute atomic E-state index is 0.327. The molecule has 0 atom stereocenters. The van der Waals surface area contributed by atoms with Crippen LogP contribution in [-0.4, -0.2) is 29.2 Å². The molecule has 0 amide bonds. The minimum atomic E-state index is 0.327. The first-order valence-corrected chi connectivity index (χ1v) is 6.71. The Labute approximate surface area is 127 Å². The number of benzene rings is 1. The highest BCUT2D eigenvalue weighted by Crippen LogP contribution is 2.20. The Morgan fingerprint density at radius 1 is 1.00 bits per heavy atom. The first-order valence-electron chi connectivity index (χ1n) is 6.71. The van der Waals surface area contributed by atoms with Crippen LogP contribution in [0.1, 0.15) is 5.56 Å². The van der Waals surface area contributed by atoms with Gasteiger partial charge < -0.3 is 14.2 Å². The SMILES string of the molecule is COc1ccc2nc(OCc3ccnc(OC)c3)ncc2c1. The van der Waals surface area contributed by atoms with Gasteiger partial charge in [0.2, 0.25) is 5.88 Å². The lowest BCUT2D eigenvalue weighted by Crippen LogP contribution is -2.00. The predicted octanol–water partition coefficient (Wildman–Crippen LogP) is 2.62. The van der Waals surface area contributed by atoms with E-state index in [4.69, 9.17) is 14.2 Å². The van der Waals surface area contributed by atoms with Crippen molar-refractivity contribution in [3.8, 4) is 17.6 Å². The number of ether oxygens (including phenoxy) is 3. The zero-order valence-electron chi connectivity index (χ0n) is 12.3. The number of hydrogen-bond acceptors (Lipinski definition) is 6. The van der Waals surface area contributed by atoms with Crippen LogP contribution < -0.4 is 14.2 Å². The maximum Gasteiger partial charge on any atom is 0.317 e. The second-order valence-corrected chi connectivity index (χ2v) is 4.57. The molecular formula is C16H15N3O3. The summed E-state index contributed by atoms with van der Waals surface area (Å²) in [6, 6.07) is 9.60. The van der Waals surface area contributed by atoms with Gasteiger partial charge in [0.15, 0.2) is 0 Å². The van der Waals surface area contributed by atoms with Gasteiger partial charge in [0.1, 0.15) is 12.4 Å². The molecule has 0 saturated heterocycles. The average Bonchev–Trinajstić information content (AvgIpc) is 2.59. The van der Waals surface area contributed by atoms with Crippen LogP contribution in [0.4, 0.5) is 0 Å². The molecule has 0 spiro atoms. The molecule has 0 radical (unpaired) electrons. The fourth-order valence-corrected chi connectivity index (χ4v) is 1.99. The molecule has 1 aromatic carbocycles. The summed E-state index contributed by atoms with van der Waals surface area (Å²) in [4.78, 5) is 12.6. The first kappa shape index (κ1) is 14.1. The van der Waals surface area contributed by atoms with E-state index >= 15 is 0 Å². The smallest absolute Gasteiger partial charge is 0.317 e. The van der Waals surface area contributed by atoms with Crippen LogP contribution in [0, 0.1) is 0 Å². The monoisotopic (exact) mass is 297 g/mol. The second kappa shape index (κ2) is 6.26. The molecule has 2 aromatic heterocycles. The maximum atomic E-state index is 5.62. The van der Waals surface area contributed by atoms with E-state index in [9.17, 15) is 0 Å². The highest BCUT2D eigenvalue weighted by atomic mass is 16.5. The molecule has 0 saturated carbocycles. The highest BCUT2D eigenvalue weighted by Gasteiger charge is 2.04. The average molecular weight is 297 g/mol. The van der Waals surface area contributed by atoms with Crippen molar-refractivity contribution in [2.75, 3.05) is 14.2 Å². The Morgan fingerprint density at radius 2 is 1.91 bits per heavy atom. The van der Waals surface area contributed by atoms with Crippen LogP contribution in [-0.2, 0) is 6.61 Å². The molecular weight excluding hydrogens is 282 g/mol. The van der Waals surface area contributed by atoms with Gasteiger partial charge in [-0.25, -0.2) is 9.97 Å². The van der Waals surface area contributed by atoms with Gasteiger partial charge in [0.25, 0.3) is 0 Å². The minimum Gasteiger partial charge on any atom is -0.497 e. The molecule has 0 aliphatic carbocycles. The summed E-state index contributed by atoms with van der Waals surface area (Å²) < 4.78 is 15.9. The van der Waals surface area contributed by atoms with E-state index in [1.807, 2.05) is 30.3 Å². The predicted molar refractivity (Wildman–Crippen MR) is 81.2 cm³/mol. The van der Waals surface area contributed by atoms with Gasteiger partial charge >= 0.3 is 6.01 Å². The number of pyridine rings is 1. The zero-order chi connectivity index (χ0) is 15.4. The third kappa shape index (κ3) is 3.06. The van der Waals surface area contributed by atoms with Gasteiger partial charge in [-0.05, 0) is 29.8 Å². The summed E-state index contributed by atoms with van der Waals surface area (Å²) in [5, 5.41) is 0.900. The molecule has 112 valence electrons. The van der Waals surface area contributed by atoms with Crippen molar-refractivity contribution in [3.05, 3.63) is 48.3 Å². The van der Waals surface area contributed by atoms with Crippen LogP contribution in [0.3, 0.4) is 0 Å². The van der Waals surface area contributed by atoms with Crippen molar-refractivity contribution in [1.82, 2.24) is 15.0 Å². The molecule has 22 heavy (non-hydrogen) atoms. The van der Waals surface area contributed by atoms with Gasteiger partial charge in [0, 0.05) is 23.8 Å². The lowest BCUT2D eigenvalue weighted by Gasteiger charge is -2.07. The number of rotatable bonds is 5. The molecule has 0 unspecified atom stereocenters. The number of nitrogens with zero attached hydrogens (tertiary/aromatic N) is 3. The van der Waals surface area contributed by atoms with Crippen LogP contribution in [0.15, 0.2) is 42.7 Å². The molecule has 3 aromatic rings. The molecule has 0 fully saturated rings. The molecule has 0 aliphatic heterocycles. The molecule has 6 nitrogen and oxygen atoms in total. The van der Waals surface area contributed by atoms with Crippen LogP contribution in [0.2, 0.25) is 0 Å². The molecule has 0 N–H and O–H groups in total. The Balaban J connectivity index is 1.76. The van der Waals surface area contributed by atoms with Crippen molar-refractivity contribution in [3.63, 3.8) is 0 Å². The number of hydrogen-bond donors (Lipinski definition) is 0. The number of fused-ring (bicyclic) bond motifs is 1. The van der Waals surface area contributed by atoms with E-state index in [-0.39, 0.29) is 0 Å². The van der Waals surface area contributed by atoms with E-state index in [2.05, 4.69) is 15.0 Å². The fourth-order valence-electron chi connectivity index (χ4n) is 1.99. The van der Waals surface area contributed by atoms with Crippen molar-refractivity contribution in [2.45, 2.75) is 6.61 Å². The van der Waals surface area contributed by atoms with Gasteiger partial charge in [-0.3, -0.25) is 0 Å². The Bertz CT molecular complexity index is 792. The summed E-state index contributed by atoms with van der Waals surface area (Å²) in [5.41, 5.74) is 1.74. The summed E-state index contributed by atoms with van der Waals surface area (Å²) >= 11 is 0. The first-order chi connectivity index (χ1) is 10.8. The molecule has 2 heterocycles. The van der Waals surface area contributed by atoms with Gasteiger partial charge in [-0.1, -0.05) is 0 Å². The Hall–Kier alpha value is -2.89. The number of methoxy groups -OCH3 is 2. The van der Waals surface area contributed by atoms with Crippen molar-refractivity contribution in [2.24, 2.45) is 0 Å². The largest absolute Gasteiger partial charge is 0.497 e. The van der Waals surface area contributed by atoms with Crippen molar-refractivity contribution >= 4 is 10.9 Å². The van der Waals surface area contributed by atoms with E-state index in [0.717, 1.165) is 22.2 Å². The molecule has 3 rings (SSSR count). The highest BCUT2D eigenvalue weighted by molar-refractivity contribution is 5.79. The lowest BCUT2D eigenvalue weighted by atomic mass is 10.2. The van der Waals surface area contributed by atoms with Gasteiger partial charge in [-0.2, -0.15) is 4.98 Å². The fraction of sp³-hybridized carbons (Fsp3) is 0.188. The summed E-state index contributed by atoms with van der Waals surface area (Å²) in [7, 11) is 3.20. The van der Waals surface area contributed by atoms with E-state index in [1.54, 1.807) is 26.6 Å². The van der Waals surface area contributed by atoms with E-state index in [1.165, 1.54) is 0 Å². The van der Waals surface area contributed by atoms with Crippen LogP contribution in [0.25, 0.3) is 10.9 Å². The lowest BCUT2D eigenvalue weighted by molar-refractivity contribution is 0.281. The maximum absolute atomic E-state index is 5.62.